The minimum absolute atomic E-state index is 0.0470. The molecule has 1 heterocycles. The Morgan fingerprint density at radius 1 is 1.29 bits per heavy atom. The van der Waals surface area contributed by atoms with Crippen molar-refractivity contribution in [1.29, 1.82) is 0 Å². The van der Waals surface area contributed by atoms with Crippen LogP contribution < -0.4 is 0 Å². The van der Waals surface area contributed by atoms with Gasteiger partial charge < -0.3 is 10.0 Å². The lowest BCUT2D eigenvalue weighted by Crippen LogP contribution is -2.35. The van der Waals surface area contributed by atoms with E-state index in [0.717, 1.165) is 11.1 Å². The lowest BCUT2D eigenvalue weighted by molar-refractivity contribution is -0.131. The topological polar surface area (TPSA) is 40.5 Å². The summed E-state index contributed by atoms with van der Waals surface area (Å²) in [4.78, 5) is 13.6. The molecule has 1 aliphatic heterocycles. The normalized spacial score (nSPS) is 32.0. The quantitative estimate of drug-likeness (QED) is 0.769. The van der Waals surface area contributed by atoms with Crippen LogP contribution >= 0.6 is 11.6 Å². The van der Waals surface area contributed by atoms with Gasteiger partial charge in [-0.15, -0.1) is 11.6 Å². The molecule has 3 rings (SSSR count). The van der Waals surface area contributed by atoms with E-state index < -0.39 is 6.10 Å². The fourth-order valence-corrected chi connectivity index (χ4v) is 3.16. The van der Waals surface area contributed by atoms with E-state index in [4.69, 9.17) is 11.6 Å². The third kappa shape index (κ3) is 1.74. The highest BCUT2D eigenvalue weighted by Crippen LogP contribution is 2.38. The minimum atomic E-state index is -0.502. The molecule has 90 valence electrons. The second kappa shape index (κ2) is 4.00. The maximum Gasteiger partial charge on any atom is 0.224 e. The summed E-state index contributed by atoms with van der Waals surface area (Å²) in [5, 5.41) is 10.0. The molecule has 0 bridgehead atoms. The SMILES string of the molecule is O=C1CC(Cl)CN1C1c2ccccc2CC1O. The first kappa shape index (κ1) is 11.1. The Hall–Kier alpha value is -1.06. The summed E-state index contributed by atoms with van der Waals surface area (Å²) in [6.45, 7) is 0.538. The monoisotopic (exact) mass is 251 g/mol. The van der Waals surface area contributed by atoms with Crippen LogP contribution in [0.15, 0.2) is 24.3 Å². The summed E-state index contributed by atoms with van der Waals surface area (Å²) in [7, 11) is 0. The molecular formula is C13H14ClNO2. The third-order valence-corrected chi connectivity index (χ3v) is 3.91. The zero-order valence-corrected chi connectivity index (χ0v) is 10.1. The molecule has 0 radical (unpaired) electrons. The van der Waals surface area contributed by atoms with Crippen LogP contribution in [0.1, 0.15) is 23.6 Å². The molecule has 1 fully saturated rings. The Morgan fingerprint density at radius 2 is 2.06 bits per heavy atom. The first-order chi connectivity index (χ1) is 8.16. The first-order valence-electron chi connectivity index (χ1n) is 5.86. The van der Waals surface area contributed by atoms with E-state index in [0.29, 0.717) is 19.4 Å². The molecule has 1 N–H and O–H groups in total. The second-order valence-electron chi connectivity index (χ2n) is 4.76. The highest BCUT2D eigenvalue weighted by Gasteiger charge is 2.41. The van der Waals surface area contributed by atoms with Crippen LogP contribution in [0.3, 0.4) is 0 Å². The average molecular weight is 252 g/mol. The molecule has 4 heteroatoms. The van der Waals surface area contributed by atoms with Gasteiger partial charge >= 0.3 is 0 Å². The molecule has 3 unspecified atom stereocenters. The van der Waals surface area contributed by atoms with E-state index in [1.807, 2.05) is 24.3 Å². The number of amides is 1. The number of fused-ring (bicyclic) bond motifs is 1. The van der Waals surface area contributed by atoms with Crippen molar-refractivity contribution < 1.29 is 9.90 Å². The van der Waals surface area contributed by atoms with Gasteiger partial charge in [0.15, 0.2) is 0 Å². The van der Waals surface area contributed by atoms with E-state index in [1.165, 1.54) is 0 Å². The lowest BCUT2D eigenvalue weighted by atomic mass is 10.1. The van der Waals surface area contributed by atoms with Crippen molar-refractivity contribution in [3.8, 4) is 0 Å². The zero-order chi connectivity index (χ0) is 12.0. The average Bonchev–Trinajstić information content (AvgIpc) is 2.77. The predicted molar refractivity (Wildman–Crippen MR) is 64.9 cm³/mol. The second-order valence-corrected chi connectivity index (χ2v) is 5.38. The Labute approximate surface area is 105 Å². The third-order valence-electron chi connectivity index (χ3n) is 3.61. The highest BCUT2D eigenvalue weighted by atomic mass is 35.5. The van der Waals surface area contributed by atoms with Crippen LogP contribution in [0.25, 0.3) is 0 Å². The summed E-state index contributed by atoms with van der Waals surface area (Å²) in [5.41, 5.74) is 2.20. The smallest absolute Gasteiger partial charge is 0.224 e. The van der Waals surface area contributed by atoms with Gasteiger partial charge in [-0.2, -0.15) is 0 Å². The standard InChI is InChI=1S/C13H14ClNO2/c14-9-6-12(17)15(7-9)13-10-4-2-1-3-8(10)5-11(13)16/h1-4,9,11,13,16H,5-7H2. The number of benzene rings is 1. The zero-order valence-electron chi connectivity index (χ0n) is 9.34. The summed E-state index contributed by atoms with van der Waals surface area (Å²) in [6.07, 6.45) is 0.503. The van der Waals surface area contributed by atoms with Crippen LogP contribution in [0.2, 0.25) is 0 Å². The minimum Gasteiger partial charge on any atom is -0.390 e. The van der Waals surface area contributed by atoms with Gasteiger partial charge in [-0.3, -0.25) is 4.79 Å². The molecule has 3 atom stereocenters. The van der Waals surface area contributed by atoms with Crippen LogP contribution in [0.5, 0.6) is 0 Å². The molecule has 17 heavy (non-hydrogen) atoms. The van der Waals surface area contributed by atoms with Gasteiger partial charge in [0.1, 0.15) is 0 Å². The Kier molecular flexibility index (Phi) is 2.60. The van der Waals surface area contributed by atoms with E-state index in [2.05, 4.69) is 0 Å². The van der Waals surface area contributed by atoms with E-state index in [1.54, 1.807) is 4.90 Å². The molecule has 0 spiro atoms. The van der Waals surface area contributed by atoms with Gasteiger partial charge in [0.2, 0.25) is 5.91 Å². The molecule has 1 aliphatic carbocycles. The molecule has 0 aromatic heterocycles. The van der Waals surface area contributed by atoms with Gasteiger partial charge in [-0.1, -0.05) is 24.3 Å². The van der Waals surface area contributed by atoms with Gasteiger partial charge in [0.05, 0.1) is 17.5 Å². The first-order valence-corrected chi connectivity index (χ1v) is 6.30. The number of alkyl halides is 1. The van der Waals surface area contributed by atoms with Gasteiger partial charge in [-0.05, 0) is 11.1 Å². The fraction of sp³-hybridized carbons (Fsp3) is 0.462. The van der Waals surface area contributed by atoms with Crippen molar-refractivity contribution in [2.24, 2.45) is 0 Å². The molecule has 2 aliphatic rings. The van der Waals surface area contributed by atoms with Crippen molar-refractivity contribution in [2.45, 2.75) is 30.4 Å². The van der Waals surface area contributed by atoms with Crippen molar-refractivity contribution in [2.75, 3.05) is 6.54 Å². The summed E-state index contributed by atoms with van der Waals surface area (Å²) >= 11 is 6.01. The van der Waals surface area contributed by atoms with E-state index >= 15 is 0 Å². The largest absolute Gasteiger partial charge is 0.390 e. The molecule has 3 nitrogen and oxygen atoms in total. The van der Waals surface area contributed by atoms with E-state index in [9.17, 15) is 9.90 Å². The predicted octanol–water partition coefficient (Wildman–Crippen LogP) is 1.48. The molecular weight excluding hydrogens is 238 g/mol. The number of hydrogen-bond acceptors (Lipinski definition) is 2. The lowest BCUT2D eigenvalue weighted by Gasteiger charge is -2.27. The Bertz CT molecular complexity index is 462. The maximum absolute atomic E-state index is 11.9. The van der Waals surface area contributed by atoms with Crippen LogP contribution in [-0.2, 0) is 11.2 Å². The Balaban J connectivity index is 1.96. The number of aliphatic hydroxyl groups excluding tert-OH is 1. The molecule has 0 saturated carbocycles. The fourth-order valence-electron chi connectivity index (χ4n) is 2.88. The van der Waals surface area contributed by atoms with Gasteiger partial charge in [-0.25, -0.2) is 0 Å². The number of likely N-dealkylation sites (tertiary alicyclic amines) is 1. The van der Waals surface area contributed by atoms with Crippen molar-refractivity contribution in [3.05, 3.63) is 35.4 Å². The molecule has 1 aromatic carbocycles. The van der Waals surface area contributed by atoms with Crippen LogP contribution in [0, 0.1) is 0 Å². The number of rotatable bonds is 1. The summed E-state index contributed by atoms with van der Waals surface area (Å²) in [6, 6.07) is 7.71. The number of aliphatic hydroxyl groups is 1. The van der Waals surface area contributed by atoms with Crippen LogP contribution in [-0.4, -0.2) is 33.9 Å². The molecule has 1 aromatic rings. The number of carbonyl (C=O) groups excluding carboxylic acids is 1. The maximum atomic E-state index is 11.9. The molecule has 1 amide bonds. The highest BCUT2D eigenvalue weighted by molar-refractivity contribution is 6.22. The van der Waals surface area contributed by atoms with Gasteiger partial charge in [0, 0.05) is 19.4 Å². The summed E-state index contributed by atoms with van der Waals surface area (Å²) < 4.78 is 0. The number of carbonyl (C=O) groups is 1. The Morgan fingerprint density at radius 3 is 2.76 bits per heavy atom. The number of nitrogens with zero attached hydrogens (tertiary/aromatic N) is 1. The number of hydrogen-bond donors (Lipinski definition) is 1. The van der Waals surface area contributed by atoms with E-state index in [-0.39, 0.29) is 17.3 Å². The summed E-state index contributed by atoms with van der Waals surface area (Å²) in [5.74, 6) is 0.0470. The van der Waals surface area contributed by atoms with Crippen molar-refractivity contribution in [3.63, 3.8) is 0 Å². The van der Waals surface area contributed by atoms with Crippen molar-refractivity contribution >= 4 is 17.5 Å². The molecule has 1 saturated heterocycles. The van der Waals surface area contributed by atoms with Crippen LogP contribution in [0.4, 0.5) is 0 Å². The van der Waals surface area contributed by atoms with Gasteiger partial charge in [0.25, 0.3) is 0 Å². The number of halogens is 1. The van der Waals surface area contributed by atoms with Crippen molar-refractivity contribution in [1.82, 2.24) is 4.90 Å².